The molecule has 8 nitrogen and oxygen atoms in total. The van der Waals surface area contributed by atoms with E-state index < -0.39 is 0 Å². The molecule has 0 aliphatic heterocycles. The minimum Gasteiger partial charge on any atom is -0.361 e. The highest BCUT2D eigenvalue weighted by Crippen LogP contribution is 2.27. The van der Waals surface area contributed by atoms with E-state index in [1.54, 1.807) is 14.3 Å². The van der Waals surface area contributed by atoms with E-state index in [4.69, 9.17) is 4.52 Å². The maximum Gasteiger partial charge on any atom is 0.275 e. The molecular formula is C23H26N6O2. The van der Waals surface area contributed by atoms with E-state index >= 15 is 0 Å². The van der Waals surface area contributed by atoms with E-state index in [0.29, 0.717) is 24.5 Å². The van der Waals surface area contributed by atoms with Crippen molar-refractivity contribution in [2.45, 2.75) is 33.9 Å². The van der Waals surface area contributed by atoms with Gasteiger partial charge in [-0.25, -0.2) is 0 Å². The molecule has 0 atom stereocenters. The second-order valence-corrected chi connectivity index (χ2v) is 7.79. The second-order valence-electron chi connectivity index (χ2n) is 7.79. The van der Waals surface area contributed by atoms with E-state index in [0.717, 1.165) is 33.9 Å². The Balaban J connectivity index is 1.72. The summed E-state index contributed by atoms with van der Waals surface area (Å²) in [6, 6.07) is 13.6. The normalized spacial score (nSPS) is 11.1. The smallest absolute Gasteiger partial charge is 0.275 e. The summed E-state index contributed by atoms with van der Waals surface area (Å²) in [6.07, 6.45) is 0. The van der Waals surface area contributed by atoms with Gasteiger partial charge < -0.3 is 9.42 Å². The first-order valence-electron chi connectivity index (χ1n) is 10.1. The quantitative estimate of drug-likeness (QED) is 0.478. The van der Waals surface area contributed by atoms with Crippen molar-refractivity contribution in [3.05, 3.63) is 76.6 Å². The number of benzene rings is 1. The highest BCUT2D eigenvalue weighted by Gasteiger charge is 2.25. The zero-order valence-corrected chi connectivity index (χ0v) is 18.5. The second kappa shape index (κ2) is 8.22. The Morgan fingerprint density at radius 1 is 1.00 bits per heavy atom. The van der Waals surface area contributed by atoms with E-state index in [9.17, 15) is 4.79 Å². The summed E-state index contributed by atoms with van der Waals surface area (Å²) < 4.78 is 9.02. The molecule has 8 heteroatoms. The predicted molar refractivity (Wildman–Crippen MR) is 116 cm³/mol. The van der Waals surface area contributed by atoms with Gasteiger partial charge in [-0.05, 0) is 32.9 Å². The fraction of sp³-hybridized carbons (Fsp3) is 0.304. The molecule has 0 aliphatic carbocycles. The third-order valence-electron chi connectivity index (χ3n) is 5.45. The van der Waals surface area contributed by atoms with Crippen LogP contribution in [-0.4, -0.2) is 35.5 Å². The number of aryl methyl sites for hydroxylation is 5. The minimum atomic E-state index is -0.151. The summed E-state index contributed by atoms with van der Waals surface area (Å²) in [5.74, 6) is 0.539. The van der Waals surface area contributed by atoms with Crippen molar-refractivity contribution in [2.75, 3.05) is 0 Å². The monoisotopic (exact) mass is 418 g/mol. The molecule has 4 rings (SSSR count). The molecule has 0 saturated heterocycles. The van der Waals surface area contributed by atoms with E-state index in [1.807, 2.05) is 77.3 Å². The average Bonchev–Trinajstić information content (AvgIpc) is 3.39. The van der Waals surface area contributed by atoms with Gasteiger partial charge in [-0.2, -0.15) is 10.2 Å². The molecule has 0 N–H and O–H groups in total. The van der Waals surface area contributed by atoms with Gasteiger partial charge >= 0.3 is 0 Å². The van der Waals surface area contributed by atoms with Crippen LogP contribution in [0.3, 0.4) is 0 Å². The molecule has 0 bridgehead atoms. The van der Waals surface area contributed by atoms with Gasteiger partial charge in [0.1, 0.15) is 11.5 Å². The molecule has 1 amide bonds. The lowest BCUT2D eigenvalue weighted by Crippen LogP contribution is -2.31. The number of rotatable bonds is 6. The van der Waals surface area contributed by atoms with Crippen LogP contribution in [0.25, 0.3) is 11.3 Å². The van der Waals surface area contributed by atoms with E-state index in [-0.39, 0.29) is 5.91 Å². The van der Waals surface area contributed by atoms with E-state index in [2.05, 4.69) is 15.4 Å². The van der Waals surface area contributed by atoms with Crippen molar-refractivity contribution in [2.24, 2.45) is 14.1 Å². The Morgan fingerprint density at radius 3 is 2.35 bits per heavy atom. The molecule has 31 heavy (non-hydrogen) atoms. The number of nitrogens with zero attached hydrogens (tertiary/aromatic N) is 6. The molecule has 0 saturated carbocycles. The Bertz CT molecular complexity index is 1200. The van der Waals surface area contributed by atoms with Crippen molar-refractivity contribution < 1.29 is 9.32 Å². The molecular weight excluding hydrogens is 392 g/mol. The van der Waals surface area contributed by atoms with Crippen molar-refractivity contribution in [3.8, 4) is 11.3 Å². The molecule has 160 valence electrons. The van der Waals surface area contributed by atoms with Gasteiger partial charge in [0.25, 0.3) is 5.91 Å². The zero-order valence-electron chi connectivity index (χ0n) is 18.5. The summed E-state index contributed by atoms with van der Waals surface area (Å²) >= 11 is 0. The summed E-state index contributed by atoms with van der Waals surface area (Å²) in [5, 5.41) is 13.1. The van der Waals surface area contributed by atoms with Crippen molar-refractivity contribution in [1.29, 1.82) is 0 Å². The first kappa shape index (κ1) is 20.6. The molecule has 0 unspecified atom stereocenters. The van der Waals surface area contributed by atoms with Gasteiger partial charge in [-0.15, -0.1) is 0 Å². The zero-order chi connectivity index (χ0) is 22.1. The molecule has 4 aromatic rings. The fourth-order valence-electron chi connectivity index (χ4n) is 3.63. The summed E-state index contributed by atoms with van der Waals surface area (Å²) in [4.78, 5) is 15.3. The SMILES string of the molecule is Cc1cc(CN(Cc2c(-c3ccccc3)noc2C)C(=O)c2cc(C)n(C)n2)n(C)n1. The Morgan fingerprint density at radius 2 is 1.74 bits per heavy atom. The Kier molecular flexibility index (Phi) is 5.46. The lowest BCUT2D eigenvalue weighted by atomic mass is 10.1. The average molecular weight is 419 g/mol. The van der Waals surface area contributed by atoms with Crippen molar-refractivity contribution in [3.63, 3.8) is 0 Å². The maximum absolute atomic E-state index is 13.5. The minimum absolute atomic E-state index is 0.151. The Hall–Kier alpha value is -3.68. The number of hydrogen-bond donors (Lipinski definition) is 0. The summed E-state index contributed by atoms with van der Waals surface area (Å²) in [6.45, 7) is 6.48. The summed E-state index contributed by atoms with van der Waals surface area (Å²) in [5.41, 5.74) is 5.76. The Labute approximate surface area is 181 Å². The lowest BCUT2D eigenvalue weighted by molar-refractivity contribution is 0.0719. The van der Waals surface area contributed by atoms with Crippen LogP contribution in [0, 0.1) is 20.8 Å². The van der Waals surface area contributed by atoms with Crippen LogP contribution >= 0.6 is 0 Å². The van der Waals surface area contributed by atoms with Crippen LogP contribution in [0.5, 0.6) is 0 Å². The topological polar surface area (TPSA) is 82.0 Å². The van der Waals surface area contributed by atoms with Crippen LogP contribution in [0.15, 0.2) is 47.0 Å². The van der Waals surface area contributed by atoms with Gasteiger partial charge in [-0.3, -0.25) is 14.2 Å². The molecule has 0 aliphatic rings. The van der Waals surface area contributed by atoms with Crippen LogP contribution in [-0.2, 0) is 27.2 Å². The largest absolute Gasteiger partial charge is 0.361 e. The highest BCUT2D eigenvalue weighted by molar-refractivity contribution is 5.92. The first-order chi connectivity index (χ1) is 14.8. The van der Waals surface area contributed by atoms with E-state index in [1.165, 1.54) is 0 Å². The number of aromatic nitrogens is 5. The van der Waals surface area contributed by atoms with Crippen LogP contribution < -0.4 is 0 Å². The van der Waals surface area contributed by atoms with Crippen LogP contribution in [0.1, 0.15) is 38.9 Å². The van der Waals surface area contributed by atoms with Gasteiger partial charge in [0.15, 0.2) is 5.69 Å². The first-order valence-corrected chi connectivity index (χ1v) is 10.1. The molecule has 3 heterocycles. The number of carbonyl (C=O) groups is 1. The number of carbonyl (C=O) groups excluding carboxylic acids is 1. The fourth-order valence-corrected chi connectivity index (χ4v) is 3.63. The molecule has 3 aromatic heterocycles. The lowest BCUT2D eigenvalue weighted by Gasteiger charge is -2.22. The maximum atomic E-state index is 13.5. The van der Waals surface area contributed by atoms with Crippen molar-refractivity contribution in [1.82, 2.24) is 29.6 Å². The highest BCUT2D eigenvalue weighted by atomic mass is 16.5. The third-order valence-corrected chi connectivity index (χ3v) is 5.45. The summed E-state index contributed by atoms with van der Waals surface area (Å²) in [7, 11) is 3.72. The molecule has 0 radical (unpaired) electrons. The van der Waals surface area contributed by atoms with Crippen LogP contribution in [0.2, 0.25) is 0 Å². The molecule has 0 spiro atoms. The van der Waals surface area contributed by atoms with Crippen molar-refractivity contribution >= 4 is 5.91 Å². The number of hydrogen-bond acceptors (Lipinski definition) is 5. The van der Waals surface area contributed by atoms with Gasteiger partial charge in [0.2, 0.25) is 0 Å². The predicted octanol–water partition coefficient (Wildman–Crippen LogP) is 3.58. The standard InChI is InChI=1S/C23H26N6O2/c1-15-11-19(28(5)24-15)13-29(23(30)21-12-16(2)27(4)25-21)14-20-17(3)31-26-22(20)18-9-7-6-8-10-18/h6-12H,13-14H2,1-5H3. The third kappa shape index (κ3) is 4.14. The molecule has 1 aromatic carbocycles. The molecule has 0 fully saturated rings. The van der Waals surface area contributed by atoms with Gasteiger partial charge in [0.05, 0.1) is 24.5 Å². The number of amides is 1. The van der Waals surface area contributed by atoms with Crippen LogP contribution in [0.4, 0.5) is 0 Å². The van der Waals surface area contributed by atoms with Gasteiger partial charge in [0, 0.05) is 30.9 Å². The van der Waals surface area contributed by atoms with Gasteiger partial charge in [-0.1, -0.05) is 35.5 Å².